The third-order valence-electron chi connectivity index (χ3n) is 8.98. The second-order valence-electron chi connectivity index (χ2n) is 11.4. The lowest BCUT2D eigenvalue weighted by Gasteiger charge is -2.34. The number of aryl methyl sites for hydroxylation is 2. The molecule has 2 aliphatic heterocycles. The number of fused-ring (bicyclic) bond motifs is 1. The fraction of sp³-hybridized carbons (Fsp3) is 0.424. The van der Waals surface area contributed by atoms with Gasteiger partial charge in [-0.2, -0.15) is 0 Å². The van der Waals surface area contributed by atoms with Crippen LogP contribution in [0.4, 0.5) is 0 Å². The predicted octanol–water partition coefficient (Wildman–Crippen LogP) is 5.83. The van der Waals surface area contributed by atoms with E-state index in [9.17, 15) is 19.5 Å². The highest BCUT2D eigenvalue weighted by Crippen LogP contribution is 2.53. The molecule has 1 saturated heterocycles. The van der Waals surface area contributed by atoms with Crippen molar-refractivity contribution < 1.29 is 38.1 Å². The Morgan fingerprint density at radius 3 is 2.24 bits per heavy atom. The summed E-state index contributed by atoms with van der Waals surface area (Å²) in [4.78, 5) is 43.8. The van der Waals surface area contributed by atoms with Gasteiger partial charge in [0.05, 0.1) is 24.6 Å². The summed E-state index contributed by atoms with van der Waals surface area (Å²) in [6, 6.07) is 12.0. The van der Waals surface area contributed by atoms with Crippen LogP contribution in [0, 0.1) is 25.7 Å². The number of hydrogen-bond acceptors (Lipinski definition) is 7. The first kappa shape index (κ1) is 27.9. The summed E-state index contributed by atoms with van der Waals surface area (Å²) < 4.78 is 22.3. The molecule has 1 aliphatic carbocycles. The number of furan rings is 1. The minimum Gasteiger partial charge on any atom is -0.497 e. The van der Waals surface area contributed by atoms with Gasteiger partial charge < -0.3 is 28.6 Å². The maximum absolute atomic E-state index is 14.6. The van der Waals surface area contributed by atoms with Gasteiger partial charge in [-0.15, -0.1) is 0 Å². The van der Waals surface area contributed by atoms with E-state index in [0.717, 1.165) is 19.3 Å². The van der Waals surface area contributed by atoms with Crippen LogP contribution in [0.3, 0.4) is 0 Å². The number of benzene rings is 2. The van der Waals surface area contributed by atoms with E-state index in [0.29, 0.717) is 58.3 Å². The van der Waals surface area contributed by atoms with Gasteiger partial charge in [-0.05, 0) is 68.1 Å². The van der Waals surface area contributed by atoms with Gasteiger partial charge in [0, 0.05) is 11.8 Å². The molecule has 1 aromatic heterocycles. The van der Waals surface area contributed by atoms with E-state index in [1.165, 1.54) is 4.90 Å². The lowest BCUT2D eigenvalue weighted by atomic mass is 9.76. The number of methoxy groups -OCH3 is 1. The van der Waals surface area contributed by atoms with Crippen LogP contribution < -0.4 is 14.2 Å². The predicted molar refractivity (Wildman–Crippen MR) is 152 cm³/mol. The zero-order valence-electron chi connectivity index (χ0n) is 24.0. The largest absolute Gasteiger partial charge is 0.497 e. The fourth-order valence-electron chi connectivity index (χ4n) is 7.06. The maximum Gasteiger partial charge on any atom is 0.327 e. The molecular formula is C33H35NO8. The summed E-state index contributed by atoms with van der Waals surface area (Å²) in [7, 11) is 1.56. The number of aliphatic carboxylic acids is 1. The van der Waals surface area contributed by atoms with Gasteiger partial charge in [-0.3, -0.25) is 9.59 Å². The summed E-state index contributed by atoms with van der Waals surface area (Å²) in [6.07, 6.45) is 4.26. The molecule has 220 valence electrons. The van der Waals surface area contributed by atoms with Crippen LogP contribution in [0.15, 0.2) is 52.9 Å². The van der Waals surface area contributed by atoms with Crippen molar-refractivity contribution in [1.82, 2.24) is 4.90 Å². The van der Waals surface area contributed by atoms with Crippen LogP contribution in [-0.4, -0.2) is 47.6 Å². The molecule has 1 N–H and O–H groups in total. The molecule has 1 saturated carbocycles. The average molecular weight is 574 g/mol. The molecule has 3 aliphatic rings. The minimum absolute atomic E-state index is 0.0657. The standard InChI is InChI=1S/C33H35NO8/c1-18-15-24(19(2)42-18)31(35)28-27(20-9-12-23(39-3)13-10-20)30(33(37)38)34(32(36)21-7-5-4-6-8-21)29(28)22-11-14-25-26(16-22)41-17-40-25/h9-16,21,27-30H,4-8,17H2,1-3H3,(H,37,38). The Morgan fingerprint density at radius 1 is 0.905 bits per heavy atom. The van der Waals surface area contributed by atoms with Crippen LogP contribution in [0.25, 0.3) is 0 Å². The molecule has 4 unspecified atom stereocenters. The summed E-state index contributed by atoms with van der Waals surface area (Å²) in [5.74, 6) is -0.986. The smallest absolute Gasteiger partial charge is 0.327 e. The molecular weight excluding hydrogens is 538 g/mol. The lowest BCUT2D eigenvalue weighted by Crippen LogP contribution is -2.46. The lowest BCUT2D eigenvalue weighted by molar-refractivity contribution is -0.152. The number of ketones is 1. The molecule has 9 heteroatoms. The van der Waals surface area contributed by atoms with Crippen molar-refractivity contribution in [1.29, 1.82) is 0 Å². The first-order valence-electron chi connectivity index (χ1n) is 14.5. The molecule has 0 radical (unpaired) electrons. The highest BCUT2D eigenvalue weighted by atomic mass is 16.7. The number of ether oxygens (including phenoxy) is 3. The van der Waals surface area contributed by atoms with E-state index in [1.807, 2.05) is 6.07 Å². The third-order valence-corrected chi connectivity index (χ3v) is 8.98. The number of carbonyl (C=O) groups excluding carboxylic acids is 2. The Labute approximate surface area is 244 Å². The van der Waals surface area contributed by atoms with Gasteiger partial charge in [0.15, 0.2) is 17.3 Å². The minimum atomic E-state index is -1.27. The molecule has 0 bridgehead atoms. The highest BCUT2D eigenvalue weighted by Gasteiger charge is 2.58. The molecule has 1 amide bonds. The zero-order valence-corrected chi connectivity index (χ0v) is 24.0. The van der Waals surface area contributed by atoms with Crippen LogP contribution in [0.5, 0.6) is 17.2 Å². The van der Waals surface area contributed by atoms with E-state index in [2.05, 4.69) is 0 Å². The molecule has 0 spiro atoms. The monoisotopic (exact) mass is 573 g/mol. The normalized spacial score (nSPS) is 23.6. The Bertz CT molecular complexity index is 1500. The van der Waals surface area contributed by atoms with Gasteiger partial charge in [0.2, 0.25) is 12.7 Å². The molecule has 2 aromatic carbocycles. The van der Waals surface area contributed by atoms with Crippen LogP contribution in [0.2, 0.25) is 0 Å². The van der Waals surface area contributed by atoms with Crippen molar-refractivity contribution in [3.8, 4) is 17.2 Å². The van der Waals surface area contributed by atoms with E-state index >= 15 is 0 Å². The van der Waals surface area contributed by atoms with Crippen molar-refractivity contribution in [2.75, 3.05) is 13.9 Å². The van der Waals surface area contributed by atoms with Crippen molar-refractivity contribution in [3.63, 3.8) is 0 Å². The molecule has 2 fully saturated rings. The van der Waals surface area contributed by atoms with Crippen LogP contribution >= 0.6 is 0 Å². The maximum atomic E-state index is 14.6. The van der Waals surface area contributed by atoms with E-state index in [4.69, 9.17) is 18.6 Å². The van der Waals surface area contributed by atoms with Gasteiger partial charge in [0.1, 0.15) is 23.3 Å². The number of likely N-dealkylation sites (tertiary alicyclic amines) is 1. The molecule has 3 aromatic rings. The second kappa shape index (κ2) is 11.2. The van der Waals surface area contributed by atoms with E-state index in [-0.39, 0.29) is 24.4 Å². The summed E-state index contributed by atoms with van der Waals surface area (Å²) in [5.41, 5.74) is 1.66. The van der Waals surface area contributed by atoms with Crippen molar-refractivity contribution in [2.45, 2.75) is 64.0 Å². The first-order valence-corrected chi connectivity index (χ1v) is 14.5. The third kappa shape index (κ3) is 4.80. The van der Waals surface area contributed by atoms with E-state index in [1.54, 1.807) is 63.4 Å². The molecule has 9 nitrogen and oxygen atoms in total. The molecule has 6 rings (SSSR count). The number of Topliss-reactive ketones (excluding diaryl/α,β-unsaturated/α-hetero) is 1. The number of carboxylic acid groups (broad SMARTS) is 1. The zero-order chi connectivity index (χ0) is 29.5. The molecule has 3 heterocycles. The van der Waals surface area contributed by atoms with Gasteiger partial charge in [0.25, 0.3) is 0 Å². The average Bonchev–Trinajstić information content (AvgIpc) is 3.71. The van der Waals surface area contributed by atoms with Crippen LogP contribution in [-0.2, 0) is 9.59 Å². The number of nitrogens with zero attached hydrogens (tertiary/aromatic N) is 1. The number of rotatable bonds is 7. The quantitative estimate of drug-likeness (QED) is 0.351. The fourth-order valence-corrected chi connectivity index (χ4v) is 7.06. The number of carboxylic acids is 1. The van der Waals surface area contributed by atoms with Crippen molar-refractivity contribution >= 4 is 17.7 Å². The second-order valence-corrected chi connectivity index (χ2v) is 11.4. The first-order chi connectivity index (χ1) is 20.3. The summed E-state index contributed by atoms with van der Waals surface area (Å²) in [5, 5.41) is 10.8. The van der Waals surface area contributed by atoms with Crippen molar-refractivity contribution in [3.05, 3.63) is 76.7 Å². The highest BCUT2D eigenvalue weighted by molar-refractivity contribution is 6.02. The number of hydrogen-bond donors (Lipinski definition) is 1. The van der Waals surface area contributed by atoms with Gasteiger partial charge in [-0.1, -0.05) is 37.5 Å². The number of amides is 1. The van der Waals surface area contributed by atoms with Crippen molar-refractivity contribution in [2.24, 2.45) is 11.8 Å². The summed E-state index contributed by atoms with van der Waals surface area (Å²) in [6.45, 7) is 3.57. The Hall–Kier alpha value is -4.27. The van der Waals surface area contributed by atoms with E-state index < -0.39 is 29.9 Å². The number of carbonyl (C=O) groups is 3. The topological polar surface area (TPSA) is 116 Å². The summed E-state index contributed by atoms with van der Waals surface area (Å²) >= 11 is 0. The molecule has 4 atom stereocenters. The van der Waals surface area contributed by atoms with Crippen LogP contribution in [0.1, 0.15) is 77.1 Å². The SMILES string of the molecule is COc1ccc(C2C(C(=O)c3cc(C)oc3C)C(c3ccc4c(c3)OCO4)N(C(=O)C3CCCCC3)C2C(=O)O)cc1. The Morgan fingerprint density at radius 2 is 1.60 bits per heavy atom. The van der Waals surface area contributed by atoms with Gasteiger partial charge in [-0.25, -0.2) is 4.79 Å². The Kier molecular flexibility index (Phi) is 7.43. The Balaban J connectivity index is 1.57. The van der Waals surface area contributed by atoms with Gasteiger partial charge >= 0.3 is 5.97 Å². The molecule has 42 heavy (non-hydrogen) atoms.